The Morgan fingerprint density at radius 3 is 2.55 bits per heavy atom. The highest BCUT2D eigenvalue weighted by atomic mass is 32.1. The fraction of sp³-hybridized carbons (Fsp3) is 0.143. The molecule has 0 aliphatic rings. The summed E-state index contributed by atoms with van der Waals surface area (Å²) in [5.74, 6) is -0.961. The molecule has 0 saturated carbocycles. The van der Waals surface area contributed by atoms with E-state index in [-0.39, 0.29) is 23.8 Å². The number of benzene rings is 2. The van der Waals surface area contributed by atoms with Gasteiger partial charge >= 0.3 is 5.97 Å². The van der Waals surface area contributed by atoms with Gasteiger partial charge in [0.25, 0.3) is 11.6 Å². The molecule has 0 radical (unpaired) electrons. The summed E-state index contributed by atoms with van der Waals surface area (Å²) < 4.78 is 5.15. The van der Waals surface area contributed by atoms with E-state index in [9.17, 15) is 19.7 Å². The lowest BCUT2D eigenvalue weighted by molar-refractivity contribution is -0.384. The average molecular weight is 410 g/mol. The molecule has 0 spiro atoms. The molecule has 7 nitrogen and oxygen atoms in total. The molecule has 148 valence electrons. The van der Waals surface area contributed by atoms with Crippen LogP contribution in [0.4, 0.5) is 10.7 Å². The standard InChI is InChI=1S/C21H18N2O5S/c1-3-28-21(25)18-17(15-5-4-6-16(11-15)23(26)27)12-29-20(18)22-19(24)14-9-7-13(2)8-10-14/h4-12H,3H2,1-2H3,(H,22,24). The minimum Gasteiger partial charge on any atom is -0.462 e. The molecule has 1 heterocycles. The van der Waals surface area contributed by atoms with Crippen LogP contribution in [0.5, 0.6) is 0 Å². The van der Waals surface area contributed by atoms with Crippen molar-refractivity contribution >= 4 is 33.9 Å². The summed E-state index contributed by atoms with van der Waals surface area (Å²) in [5.41, 5.74) is 2.53. The third-order valence-electron chi connectivity index (χ3n) is 4.18. The van der Waals surface area contributed by atoms with Crippen LogP contribution in [0.1, 0.15) is 33.2 Å². The van der Waals surface area contributed by atoms with Crippen LogP contribution in [-0.4, -0.2) is 23.4 Å². The van der Waals surface area contributed by atoms with E-state index < -0.39 is 10.9 Å². The number of anilines is 1. The number of rotatable bonds is 6. The van der Waals surface area contributed by atoms with Crippen molar-refractivity contribution in [3.63, 3.8) is 0 Å². The molecule has 1 amide bonds. The first kappa shape index (κ1) is 20.2. The Morgan fingerprint density at radius 1 is 1.17 bits per heavy atom. The third-order valence-corrected chi connectivity index (χ3v) is 5.07. The number of aryl methyl sites for hydroxylation is 1. The molecule has 0 fully saturated rings. The zero-order valence-electron chi connectivity index (χ0n) is 15.8. The smallest absolute Gasteiger partial charge is 0.341 e. The van der Waals surface area contributed by atoms with E-state index in [0.29, 0.717) is 21.7 Å². The molecule has 0 aliphatic heterocycles. The summed E-state index contributed by atoms with van der Waals surface area (Å²) in [7, 11) is 0. The number of nitro benzene ring substituents is 1. The van der Waals surface area contributed by atoms with Crippen molar-refractivity contribution in [1.82, 2.24) is 0 Å². The van der Waals surface area contributed by atoms with E-state index in [4.69, 9.17) is 4.74 Å². The predicted octanol–water partition coefficient (Wildman–Crippen LogP) is 5.06. The number of nitro groups is 1. The second-order valence-electron chi connectivity index (χ2n) is 6.20. The van der Waals surface area contributed by atoms with Gasteiger partial charge in [-0.25, -0.2) is 4.79 Å². The lowest BCUT2D eigenvalue weighted by atomic mass is 10.0. The molecule has 0 atom stereocenters. The van der Waals surface area contributed by atoms with Crippen molar-refractivity contribution in [3.05, 3.63) is 80.7 Å². The third kappa shape index (κ3) is 4.49. The van der Waals surface area contributed by atoms with Gasteiger partial charge in [0.05, 0.1) is 11.5 Å². The number of thiophene rings is 1. The van der Waals surface area contributed by atoms with Crippen molar-refractivity contribution in [2.45, 2.75) is 13.8 Å². The lowest BCUT2D eigenvalue weighted by Crippen LogP contribution is -2.14. The second kappa shape index (κ2) is 8.66. The maximum absolute atomic E-state index is 12.6. The Morgan fingerprint density at radius 2 is 1.90 bits per heavy atom. The molecule has 0 saturated heterocycles. The van der Waals surface area contributed by atoms with Crippen LogP contribution in [0.2, 0.25) is 0 Å². The van der Waals surface area contributed by atoms with Gasteiger partial charge in [-0.05, 0) is 31.5 Å². The van der Waals surface area contributed by atoms with Crippen LogP contribution in [-0.2, 0) is 4.74 Å². The highest BCUT2D eigenvalue weighted by Gasteiger charge is 2.24. The first-order chi connectivity index (χ1) is 13.9. The maximum atomic E-state index is 12.6. The molecule has 0 aliphatic carbocycles. The Balaban J connectivity index is 2.01. The minimum atomic E-state index is -0.602. The molecule has 2 aromatic carbocycles. The van der Waals surface area contributed by atoms with Gasteiger partial charge in [0.15, 0.2) is 0 Å². The van der Waals surface area contributed by atoms with Gasteiger partial charge in [-0.15, -0.1) is 11.3 Å². The van der Waals surface area contributed by atoms with E-state index in [1.165, 1.54) is 12.1 Å². The monoisotopic (exact) mass is 410 g/mol. The van der Waals surface area contributed by atoms with Gasteiger partial charge in [0, 0.05) is 28.6 Å². The molecule has 29 heavy (non-hydrogen) atoms. The minimum absolute atomic E-state index is 0.0891. The van der Waals surface area contributed by atoms with Gasteiger partial charge in [-0.1, -0.05) is 29.8 Å². The number of hydrogen-bond donors (Lipinski definition) is 1. The first-order valence-corrected chi connectivity index (χ1v) is 9.70. The number of non-ortho nitro benzene ring substituents is 1. The molecule has 0 bridgehead atoms. The quantitative estimate of drug-likeness (QED) is 0.348. The number of esters is 1. The van der Waals surface area contributed by atoms with Crippen molar-refractivity contribution in [2.24, 2.45) is 0 Å². The number of ether oxygens (including phenoxy) is 1. The maximum Gasteiger partial charge on any atom is 0.341 e. The van der Waals surface area contributed by atoms with Gasteiger partial charge in [-0.2, -0.15) is 0 Å². The average Bonchev–Trinajstić information content (AvgIpc) is 3.12. The van der Waals surface area contributed by atoms with Gasteiger partial charge in [0.1, 0.15) is 10.6 Å². The Bertz CT molecular complexity index is 1070. The van der Waals surface area contributed by atoms with E-state index in [2.05, 4.69) is 5.32 Å². The molecule has 8 heteroatoms. The zero-order chi connectivity index (χ0) is 21.0. The largest absolute Gasteiger partial charge is 0.462 e. The van der Waals surface area contributed by atoms with Crippen LogP contribution >= 0.6 is 11.3 Å². The Kier molecular flexibility index (Phi) is 6.04. The van der Waals surface area contributed by atoms with Crippen molar-refractivity contribution in [2.75, 3.05) is 11.9 Å². The van der Waals surface area contributed by atoms with Crippen LogP contribution in [0.15, 0.2) is 53.9 Å². The van der Waals surface area contributed by atoms with Crippen molar-refractivity contribution in [1.29, 1.82) is 0 Å². The first-order valence-electron chi connectivity index (χ1n) is 8.82. The Hall–Kier alpha value is -3.52. The molecule has 0 unspecified atom stereocenters. The fourth-order valence-electron chi connectivity index (χ4n) is 2.74. The van der Waals surface area contributed by atoms with Crippen LogP contribution in [0, 0.1) is 17.0 Å². The number of nitrogens with zero attached hydrogens (tertiary/aromatic N) is 1. The summed E-state index contributed by atoms with van der Waals surface area (Å²) in [6.07, 6.45) is 0. The summed E-state index contributed by atoms with van der Waals surface area (Å²) in [6.45, 7) is 3.77. The van der Waals surface area contributed by atoms with E-state index >= 15 is 0 Å². The SMILES string of the molecule is CCOC(=O)c1c(-c2cccc([N+](=O)[O-])c2)csc1NC(=O)c1ccc(C)cc1. The van der Waals surface area contributed by atoms with E-state index in [1.54, 1.807) is 36.6 Å². The molecule has 3 rings (SSSR count). The lowest BCUT2D eigenvalue weighted by Gasteiger charge is -2.09. The van der Waals surface area contributed by atoms with Crippen molar-refractivity contribution < 1.29 is 19.2 Å². The summed E-state index contributed by atoms with van der Waals surface area (Å²) in [5, 5.41) is 15.9. The Labute approximate surface area is 171 Å². The van der Waals surface area contributed by atoms with E-state index in [1.807, 2.05) is 19.1 Å². The second-order valence-corrected chi connectivity index (χ2v) is 7.08. The molecule has 1 aromatic heterocycles. The summed E-state index contributed by atoms with van der Waals surface area (Å²) in [6, 6.07) is 13.0. The summed E-state index contributed by atoms with van der Waals surface area (Å²) >= 11 is 1.16. The predicted molar refractivity (Wildman–Crippen MR) is 111 cm³/mol. The van der Waals surface area contributed by atoms with Crippen LogP contribution in [0.25, 0.3) is 11.1 Å². The number of amides is 1. The number of carbonyl (C=O) groups excluding carboxylic acids is 2. The topological polar surface area (TPSA) is 98.5 Å². The van der Waals surface area contributed by atoms with Crippen LogP contribution in [0.3, 0.4) is 0 Å². The van der Waals surface area contributed by atoms with E-state index in [0.717, 1.165) is 16.9 Å². The zero-order valence-corrected chi connectivity index (χ0v) is 16.6. The van der Waals surface area contributed by atoms with Gasteiger partial charge < -0.3 is 10.1 Å². The molecule has 3 aromatic rings. The molecular formula is C21H18N2O5S. The molecule has 1 N–H and O–H groups in total. The fourth-order valence-corrected chi connectivity index (χ4v) is 3.69. The molecular weight excluding hydrogens is 392 g/mol. The number of nitrogens with one attached hydrogen (secondary N) is 1. The van der Waals surface area contributed by atoms with Gasteiger partial charge in [-0.3, -0.25) is 14.9 Å². The number of hydrogen-bond acceptors (Lipinski definition) is 6. The number of carbonyl (C=O) groups is 2. The normalized spacial score (nSPS) is 10.4. The highest BCUT2D eigenvalue weighted by Crippen LogP contribution is 2.37. The van der Waals surface area contributed by atoms with Gasteiger partial charge in [0.2, 0.25) is 0 Å². The van der Waals surface area contributed by atoms with Crippen molar-refractivity contribution in [3.8, 4) is 11.1 Å². The summed E-state index contributed by atoms with van der Waals surface area (Å²) in [4.78, 5) is 35.8. The van der Waals surface area contributed by atoms with Crippen LogP contribution < -0.4 is 5.32 Å². The highest BCUT2D eigenvalue weighted by molar-refractivity contribution is 7.15.